The number of fused-ring (bicyclic) bond motifs is 1. The number of methoxy groups -OCH3 is 1. The molecule has 0 saturated carbocycles. The first-order chi connectivity index (χ1) is 17.9. The molecule has 8 nitrogen and oxygen atoms in total. The zero-order chi connectivity index (χ0) is 26.3. The lowest BCUT2D eigenvalue weighted by atomic mass is 9.84. The number of carbonyl (C=O) groups excluding carboxylic acids is 1. The Balaban J connectivity index is 1.63. The molecule has 0 aromatic carbocycles. The minimum Gasteiger partial charge on any atom is -0.496 e. The molecule has 3 aromatic rings. The van der Waals surface area contributed by atoms with Crippen LogP contribution in [0.4, 0.5) is 0 Å². The standard InChI is InChI=1S/C29H30N6O2/c1-7-21-15-22(37-6)24(18(3)33-21)27-26(25-17(2)31-16-32-28(25)34(27)5)19-10-12-20(13-11-19)29(36)35-14-8-9-23(35)30-4/h1,10,15-16,20,23H,8-9,11-14H2,2-3,5-6H3/t20-,23-/m0/s1. The molecule has 0 bridgehead atoms. The van der Waals surface area contributed by atoms with Crippen molar-refractivity contribution >= 4 is 22.5 Å². The zero-order valence-corrected chi connectivity index (χ0v) is 21.7. The third-order valence-electron chi connectivity index (χ3n) is 7.66. The molecule has 0 spiro atoms. The van der Waals surface area contributed by atoms with Crippen molar-refractivity contribution in [2.75, 3.05) is 13.7 Å². The maximum absolute atomic E-state index is 13.2. The number of hydrogen-bond acceptors (Lipinski definition) is 5. The van der Waals surface area contributed by atoms with Crippen molar-refractivity contribution < 1.29 is 9.53 Å². The van der Waals surface area contributed by atoms with E-state index in [1.54, 1.807) is 24.4 Å². The first kappa shape index (κ1) is 24.5. The van der Waals surface area contributed by atoms with Gasteiger partial charge in [-0.15, -0.1) is 6.42 Å². The van der Waals surface area contributed by atoms with E-state index in [9.17, 15) is 4.79 Å². The minimum atomic E-state index is -0.309. The predicted octanol–water partition coefficient (Wildman–Crippen LogP) is 4.69. The molecular weight excluding hydrogens is 464 g/mol. The van der Waals surface area contributed by atoms with Crippen LogP contribution in [0.2, 0.25) is 0 Å². The topological polar surface area (TPSA) is 77.5 Å². The summed E-state index contributed by atoms with van der Waals surface area (Å²) < 4.78 is 7.87. The zero-order valence-electron chi connectivity index (χ0n) is 21.7. The van der Waals surface area contributed by atoms with Crippen molar-refractivity contribution in [2.45, 2.75) is 52.1 Å². The van der Waals surface area contributed by atoms with Gasteiger partial charge in [-0.3, -0.25) is 14.5 Å². The fourth-order valence-corrected chi connectivity index (χ4v) is 5.83. The molecule has 1 aliphatic carbocycles. The molecule has 3 aromatic heterocycles. The smallest absolute Gasteiger partial charge is 0.300 e. The Labute approximate surface area is 217 Å². The molecule has 0 unspecified atom stereocenters. The van der Waals surface area contributed by atoms with E-state index in [0.717, 1.165) is 70.5 Å². The summed E-state index contributed by atoms with van der Waals surface area (Å²) >= 11 is 0. The van der Waals surface area contributed by atoms with Crippen molar-refractivity contribution in [1.29, 1.82) is 0 Å². The van der Waals surface area contributed by atoms with Crippen molar-refractivity contribution in [3.8, 4) is 29.4 Å². The third-order valence-corrected chi connectivity index (χ3v) is 7.66. The van der Waals surface area contributed by atoms with Gasteiger partial charge in [0.1, 0.15) is 23.4 Å². The van der Waals surface area contributed by atoms with Gasteiger partial charge in [0.05, 0.1) is 29.8 Å². The van der Waals surface area contributed by atoms with Gasteiger partial charge in [-0.25, -0.2) is 21.5 Å². The first-order valence-electron chi connectivity index (χ1n) is 12.6. The van der Waals surface area contributed by atoms with Crippen LogP contribution in [0.1, 0.15) is 54.7 Å². The number of terminal acetylenes is 1. The molecule has 188 valence electrons. The number of hydrogen-bond donors (Lipinski definition) is 0. The second-order valence-electron chi connectivity index (χ2n) is 9.74. The quantitative estimate of drug-likeness (QED) is 0.389. The Hall–Kier alpha value is -4.17. The highest BCUT2D eigenvalue weighted by molar-refractivity contribution is 6.02. The SMILES string of the molecule is [C-]#[N+][C@@H]1CCCN1C(=O)[C@H]1CC=C(c2c(-c3c(OC)cc(C#C)nc3C)n(C)c3ncnc(C)c23)CC1. The number of rotatable bonds is 4. The van der Waals surface area contributed by atoms with Gasteiger partial charge in [-0.1, -0.05) is 12.0 Å². The number of allylic oxidation sites excluding steroid dienone is 2. The summed E-state index contributed by atoms with van der Waals surface area (Å²) in [6.45, 7) is 12.1. The van der Waals surface area contributed by atoms with Gasteiger partial charge in [0, 0.05) is 42.9 Å². The lowest BCUT2D eigenvalue weighted by Gasteiger charge is -2.26. The summed E-state index contributed by atoms with van der Waals surface area (Å²) in [5.74, 6) is 3.27. The second-order valence-corrected chi connectivity index (χ2v) is 9.74. The molecule has 1 saturated heterocycles. The van der Waals surface area contributed by atoms with Crippen LogP contribution < -0.4 is 4.74 Å². The monoisotopic (exact) mass is 494 g/mol. The van der Waals surface area contributed by atoms with E-state index in [1.807, 2.05) is 20.9 Å². The highest BCUT2D eigenvalue weighted by atomic mass is 16.5. The molecule has 5 rings (SSSR count). The summed E-state index contributed by atoms with van der Waals surface area (Å²) in [6.07, 6.45) is 12.9. The Morgan fingerprint density at radius 3 is 2.73 bits per heavy atom. The Bertz CT molecular complexity index is 1520. The van der Waals surface area contributed by atoms with Crippen molar-refractivity contribution in [3.63, 3.8) is 0 Å². The van der Waals surface area contributed by atoms with Crippen LogP contribution in [0.3, 0.4) is 0 Å². The number of ether oxygens (including phenoxy) is 1. The van der Waals surface area contributed by atoms with Crippen LogP contribution in [0, 0.1) is 38.7 Å². The van der Waals surface area contributed by atoms with Crippen molar-refractivity contribution in [3.05, 3.63) is 52.5 Å². The lowest BCUT2D eigenvalue weighted by molar-refractivity contribution is -0.135. The maximum atomic E-state index is 13.2. The summed E-state index contributed by atoms with van der Waals surface area (Å²) in [7, 11) is 3.63. The average Bonchev–Trinajstić information content (AvgIpc) is 3.51. The summed E-state index contributed by atoms with van der Waals surface area (Å²) in [5, 5.41) is 0.992. The van der Waals surface area contributed by atoms with Gasteiger partial charge in [0.25, 0.3) is 0 Å². The van der Waals surface area contributed by atoms with Gasteiger partial charge < -0.3 is 9.30 Å². The number of likely N-dealkylation sites (tertiary alicyclic amines) is 1. The molecule has 2 atom stereocenters. The number of pyridine rings is 1. The molecule has 1 aliphatic heterocycles. The third kappa shape index (κ3) is 4.03. The van der Waals surface area contributed by atoms with Crippen molar-refractivity contribution in [1.82, 2.24) is 24.4 Å². The molecular formula is C29H30N6O2. The molecule has 0 N–H and O–H groups in total. The maximum Gasteiger partial charge on any atom is 0.300 e. The minimum absolute atomic E-state index is 0.102. The Morgan fingerprint density at radius 2 is 2.05 bits per heavy atom. The fourth-order valence-electron chi connectivity index (χ4n) is 5.83. The molecule has 1 amide bonds. The van der Waals surface area contributed by atoms with E-state index < -0.39 is 0 Å². The van der Waals surface area contributed by atoms with Crippen LogP contribution in [0.25, 0.3) is 32.7 Å². The van der Waals surface area contributed by atoms with E-state index in [1.165, 1.54) is 0 Å². The number of aromatic nitrogens is 4. The first-order valence-corrected chi connectivity index (χ1v) is 12.6. The van der Waals surface area contributed by atoms with Gasteiger partial charge in [-0.2, -0.15) is 0 Å². The van der Waals surface area contributed by atoms with Crippen LogP contribution in [0.15, 0.2) is 18.5 Å². The summed E-state index contributed by atoms with van der Waals surface area (Å²) in [5.41, 5.74) is 7.05. The predicted molar refractivity (Wildman–Crippen MR) is 142 cm³/mol. The number of carbonyl (C=O) groups is 1. The highest BCUT2D eigenvalue weighted by Crippen LogP contribution is 2.45. The normalized spacial score (nSPS) is 19.4. The largest absolute Gasteiger partial charge is 0.496 e. The van der Waals surface area contributed by atoms with Gasteiger partial charge in [0.2, 0.25) is 5.91 Å². The lowest BCUT2D eigenvalue weighted by Crippen LogP contribution is -2.38. The molecule has 8 heteroatoms. The fraction of sp³-hybridized carbons (Fsp3) is 0.414. The molecule has 2 aliphatic rings. The van der Waals surface area contributed by atoms with Crippen LogP contribution >= 0.6 is 0 Å². The van der Waals surface area contributed by atoms with E-state index in [-0.39, 0.29) is 18.0 Å². The Kier molecular flexibility index (Phi) is 6.43. The summed E-state index contributed by atoms with van der Waals surface area (Å²) in [6, 6.07) is 1.79. The van der Waals surface area contributed by atoms with E-state index in [4.69, 9.17) is 17.7 Å². The van der Waals surface area contributed by atoms with Crippen LogP contribution in [0.5, 0.6) is 5.75 Å². The van der Waals surface area contributed by atoms with E-state index >= 15 is 0 Å². The van der Waals surface area contributed by atoms with E-state index in [2.05, 4.69) is 36.4 Å². The number of amides is 1. The molecule has 1 fully saturated rings. The van der Waals surface area contributed by atoms with Gasteiger partial charge in [0.15, 0.2) is 0 Å². The average molecular weight is 495 g/mol. The van der Waals surface area contributed by atoms with E-state index in [0.29, 0.717) is 24.4 Å². The van der Waals surface area contributed by atoms with Crippen LogP contribution in [-0.4, -0.2) is 50.1 Å². The van der Waals surface area contributed by atoms with Crippen LogP contribution in [-0.2, 0) is 11.8 Å². The number of aryl methyl sites for hydroxylation is 3. The van der Waals surface area contributed by atoms with Crippen molar-refractivity contribution in [2.24, 2.45) is 13.0 Å². The molecule has 0 radical (unpaired) electrons. The highest BCUT2D eigenvalue weighted by Gasteiger charge is 2.37. The van der Waals surface area contributed by atoms with Gasteiger partial charge in [-0.05, 0) is 45.1 Å². The Morgan fingerprint density at radius 1 is 1.24 bits per heavy atom. The molecule has 37 heavy (non-hydrogen) atoms. The van der Waals surface area contributed by atoms with Gasteiger partial charge >= 0.3 is 6.17 Å². The second kappa shape index (κ2) is 9.71. The number of nitrogens with zero attached hydrogens (tertiary/aromatic N) is 6. The summed E-state index contributed by atoms with van der Waals surface area (Å²) in [4.78, 5) is 32.5. The molecule has 4 heterocycles.